The fraction of sp³-hybridized carbons (Fsp3) is 0.872. The summed E-state index contributed by atoms with van der Waals surface area (Å²) in [5, 5.41) is 58.4. The average Bonchev–Trinajstić information content (AvgIpc) is 3.24. The molecule has 0 amide bonds. The summed E-state index contributed by atoms with van der Waals surface area (Å²) >= 11 is 0. The molecule has 0 aromatic carbocycles. The summed E-state index contributed by atoms with van der Waals surface area (Å²) < 4.78 is 51.5. The summed E-state index contributed by atoms with van der Waals surface area (Å²) in [6, 6.07) is 2.65. The van der Waals surface area contributed by atoms with E-state index in [0.717, 1.165) is 6.42 Å². The van der Waals surface area contributed by atoms with Gasteiger partial charge in [-0.3, -0.25) is 4.79 Å². The fourth-order valence-electron chi connectivity index (χ4n) is 10.0. The van der Waals surface area contributed by atoms with Crippen LogP contribution in [-0.2, 0) is 33.2 Å². The smallest absolute Gasteiger partial charge is 0.311 e. The van der Waals surface area contributed by atoms with Crippen molar-refractivity contribution in [3.8, 4) is 11.6 Å². The van der Waals surface area contributed by atoms with Crippen molar-refractivity contribution in [3.63, 3.8) is 0 Å². The number of cyclic esters (lactones) is 1. The van der Waals surface area contributed by atoms with Gasteiger partial charge in [-0.1, -0.05) is 27.7 Å². The first-order valence-electron chi connectivity index (χ1n) is 23.5. The van der Waals surface area contributed by atoms with Crippen LogP contribution in [0.15, 0.2) is 12.1 Å². The Morgan fingerprint density at radius 3 is 2.25 bits per heavy atom. The molecule has 4 heterocycles. The van der Waals surface area contributed by atoms with Crippen LogP contribution in [0.5, 0.6) is 11.6 Å². The third-order valence-corrected chi connectivity index (χ3v) is 14.2. The highest BCUT2D eigenvalue weighted by Crippen LogP contribution is 2.43. The standard InChI is InChI=1S/C47H84N4O13/c1-16-20-49-25-47(56)32(9)60-37(23-45(47,11)58-15)63-38-28(5)41(64-43-39(33(48-13)21-27(4)59-43)61-34-18-19-36(57-14)51-30(34)7)44(10,54)22-26(3)24-50-31(8)40(52)46(12,55)35(17-2)62-42(53)29(38)6/h18-19,26-29,31-33,35,37-41,43,48-50,52,54-56H,16-17,20-25H2,1-15H3/t26-,27-,28+,29-,31-,32+,33+,35-,37+,38+,39-,40-,41-,43+,44-,45-,46-,47+/m1/s1. The number of nitrogens with one attached hydrogen (secondary N) is 3. The van der Waals surface area contributed by atoms with Gasteiger partial charge in [-0.05, 0) is 113 Å². The second-order valence-corrected chi connectivity index (χ2v) is 19.6. The third-order valence-electron chi connectivity index (χ3n) is 14.2. The number of pyridine rings is 1. The maximum absolute atomic E-state index is 14.6. The number of carbonyl (C=O) groups is 1. The predicted molar refractivity (Wildman–Crippen MR) is 241 cm³/mol. The highest BCUT2D eigenvalue weighted by Gasteiger charge is 2.58. The first-order chi connectivity index (χ1) is 29.9. The Bertz CT molecular complexity index is 1620. The van der Waals surface area contributed by atoms with E-state index in [1.807, 2.05) is 48.6 Å². The molecular weight excluding hydrogens is 829 g/mol. The molecule has 0 aliphatic carbocycles. The lowest BCUT2D eigenvalue weighted by molar-refractivity contribution is -0.335. The van der Waals surface area contributed by atoms with Crippen LogP contribution in [-0.4, -0.2) is 162 Å². The third kappa shape index (κ3) is 12.2. The number of aromatic nitrogens is 1. The van der Waals surface area contributed by atoms with E-state index in [1.165, 1.54) is 6.92 Å². The molecule has 18 atom stereocenters. The number of aliphatic hydroxyl groups excluding tert-OH is 1. The second-order valence-electron chi connectivity index (χ2n) is 19.6. The van der Waals surface area contributed by atoms with Crippen LogP contribution in [0, 0.1) is 24.7 Å². The normalized spacial score (nSPS) is 43.1. The van der Waals surface area contributed by atoms with Gasteiger partial charge < -0.3 is 74.3 Å². The SMILES string of the molecule is CCCNC[C@]1(O)[C@H](C)O[C@@H](O[C@H]2[C@H](C)[C@@H](O[C@@H]3O[C@H](C)C[C@H](NC)[C@H]3Oc3ccc(OC)nc3C)[C@](C)(O)C[C@@H](C)CN[C@H](C)[C@@H](O)[C@](C)(O)[C@@H](CC)OC(=O)[C@@H]2C)C[C@@]1(C)OC. The number of rotatable bonds is 14. The summed E-state index contributed by atoms with van der Waals surface area (Å²) in [5.41, 5.74) is -5.43. The Morgan fingerprint density at radius 1 is 0.969 bits per heavy atom. The Labute approximate surface area is 382 Å². The zero-order valence-corrected chi connectivity index (χ0v) is 41.3. The van der Waals surface area contributed by atoms with Gasteiger partial charge in [-0.15, -0.1) is 0 Å². The van der Waals surface area contributed by atoms with Gasteiger partial charge in [0.1, 0.15) is 34.8 Å². The van der Waals surface area contributed by atoms with Crippen molar-refractivity contribution in [2.45, 2.75) is 205 Å². The van der Waals surface area contributed by atoms with Gasteiger partial charge in [0.2, 0.25) is 5.88 Å². The first kappa shape index (κ1) is 54.3. The molecule has 1 aromatic rings. The molecule has 0 unspecified atom stereocenters. The Kier molecular flexibility index (Phi) is 19.3. The molecule has 64 heavy (non-hydrogen) atoms. The second kappa shape index (κ2) is 22.7. The lowest BCUT2D eigenvalue weighted by Gasteiger charge is -2.53. The van der Waals surface area contributed by atoms with Crippen molar-refractivity contribution in [2.24, 2.45) is 17.8 Å². The van der Waals surface area contributed by atoms with Crippen LogP contribution in [0.4, 0.5) is 0 Å². The number of ether oxygens (including phenoxy) is 8. The number of carbonyl (C=O) groups excluding carboxylic acids is 1. The summed E-state index contributed by atoms with van der Waals surface area (Å²) in [4.78, 5) is 19.1. The van der Waals surface area contributed by atoms with Crippen molar-refractivity contribution in [3.05, 3.63) is 17.8 Å². The van der Waals surface area contributed by atoms with Gasteiger partial charge in [0, 0.05) is 38.1 Å². The van der Waals surface area contributed by atoms with Gasteiger partial charge in [0.15, 0.2) is 18.7 Å². The molecule has 0 radical (unpaired) electrons. The van der Waals surface area contributed by atoms with Crippen molar-refractivity contribution in [1.29, 1.82) is 0 Å². The van der Waals surface area contributed by atoms with Crippen LogP contribution < -0.4 is 25.4 Å². The quantitative estimate of drug-likeness (QED) is 0.105. The monoisotopic (exact) mass is 913 g/mol. The molecule has 370 valence electrons. The number of aryl methyl sites for hydroxylation is 1. The summed E-state index contributed by atoms with van der Waals surface area (Å²) in [6.07, 6.45) is -6.40. The van der Waals surface area contributed by atoms with Crippen LogP contribution in [0.25, 0.3) is 0 Å². The summed E-state index contributed by atoms with van der Waals surface area (Å²) in [6.45, 7) is 22.9. The van der Waals surface area contributed by atoms with Crippen molar-refractivity contribution >= 4 is 5.97 Å². The van der Waals surface area contributed by atoms with Gasteiger partial charge in [-0.25, -0.2) is 4.98 Å². The molecule has 1 aromatic heterocycles. The molecule has 0 saturated carbocycles. The van der Waals surface area contributed by atoms with Gasteiger partial charge in [0.05, 0.1) is 54.8 Å². The first-order valence-corrected chi connectivity index (χ1v) is 23.5. The van der Waals surface area contributed by atoms with Gasteiger partial charge in [-0.2, -0.15) is 0 Å². The molecule has 17 nitrogen and oxygen atoms in total. The minimum absolute atomic E-state index is 0.0857. The van der Waals surface area contributed by atoms with E-state index in [-0.39, 0.29) is 43.9 Å². The number of likely N-dealkylation sites (N-methyl/N-ethyl adjacent to an activating group) is 1. The zero-order chi connectivity index (χ0) is 47.9. The number of aliphatic hydroxyl groups is 4. The zero-order valence-electron chi connectivity index (χ0n) is 41.3. The van der Waals surface area contributed by atoms with E-state index < -0.39 is 95.5 Å². The minimum Gasteiger partial charge on any atom is -0.482 e. The largest absolute Gasteiger partial charge is 0.482 e. The molecule has 4 rings (SSSR count). The highest BCUT2D eigenvalue weighted by atomic mass is 16.7. The minimum atomic E-state index is -1.83. The lowest BCUT2D eigenvalue weighted by Crippen LogP contribution is -2.70. The van der Waals surface area contributed by atoms with E-state index in [2.05, 4.69) is 20.9 Å². The molecule has 3 aliphatic heterocycles. The Morgan fingerprint density at radius 2 is 1.66 bits per heavy atom. The molecule has 17 heteroatoms. The summed E-state index contributed by atoms with van der Waals surface area (Å²) in [7, 11) is 4.94. The van der Waals surface area contributed by atoms with Crippen molar-refractivity contribution < 1.29 is 63.1 Å². The average molecular weight is 913 g/mol. The van der Waals surface area contributed by atoms with Crippen molar-refractivity contribution in [2.75, 3.05) is 40.9 Å². The van der Waals surface area contributed by atoms with Crippen LogP contribution in [0.1, 0.15) is 114 Å². The number of hydrogen-bond donors (Lipinski definition) is 7. The van der Waals surface area contributed by atoms with Gasteiger partial charge in [0.25, 0.3) is 0 Å². The lowest BCUT2D eigenvalue weighted by atomic mass is 9.75. The molecular formula is C47H84N4O13. The molecule has 7 N–H and O–H groups in total. The van der Waals surface area contributed by atoms with E-state index >= 15 is 0 Å². The number of hydrogen-bond acceptors (Lipinski definition) is 17. The maximum atomic E-state index is 14.6. The van der Waals surface area contributed by atoms with Gasteiger partial charge >= 0.3 is 5.97 Å². The topological polar surface area (TPSA) is 221 Å². The molecule has 3 aliphatic rings. The summed E-state index contributed by atoms with van der Waals surface area (Å²) in [5.74, 6) is -1.77. The van der Waals surface area contributed by atoms with Crippen LogP contribution in [0.3, 0.4) is 0 Å². The predicted octanol–water partition coefficient (Wildman–Crippen LogP) is 3.38. The number of methoxy groups -OCH3 is 2. The molecule has 0 spiro atoms. The Hall–Kier alpha value is -2.26. The van der Waals surface area contributed by atoms with Crippen molar-refractivity contribution in [1.82, 2.24) is 20.9 Å². The van der Waals surface area contributed by atoms with E-state index in [4.69, 9.17) is 37.9 Å². The van der Waals surface area contributed by atoms with E-state index in [9.17, 15) is 25.2 Å². The molecule has 3 saturated heterocycles. The molecule has 3 fully saturated rings. The van der Waals surface area contributed by atoms with E-state index in [1.54, 1.807) is 61.0 Å². The molecule has 0 bridgehead atoms. The number of esters is 1. The fourth-order valence-corrected chi connectivity index (χ4v) is 10.0. The highest BCUT2D eigenvalue weighted by molar-refractivity contribution is 5.73. The maximum Gasteiger partial charge on any atom is 0.311 e. The Balaban J connectivity index is 1.86. The van der Waals surface area contributed by atoms with Crippen LogP contribution >= 0.6 is 0 Å². The number of nitrogens with zero attached hydrogens (tertiary/aromatic N) is 1. The van der Waals surface area contributed by atoms with Crippen LogP contribution in [0.2, 0.25) is 0 Å². The van der Waals surface area contributed by atoms with E-state index in [0.29, 0.717) is 36.8 Å².